The molecule has 2 aromatic carbocycles. The Kier molecular flexibility index (Phi) is 9.19. The quantitative estimate of drug-likeness (QED) is 0.556. The average molecular weight is 449 g/mol. The molecule has 2 aromatic rings. The Hall–Kier alpha value is -2.04. The van der Waals surface area contributed by atoms with Crippen molar-refractivity contribution in [2.45, 2.75) is 53.1 Å². The Morgan fingerprint density at radius 3 is 2.30 bits per heavy atom. The van der Waals surface area contributed by atoms with Gasteiger partial charge in [0.25, 0.3) is 0 Å². The maximum Gasteiger partial charge on any atom is 0.242 e. The van der Waals surface area contributed by atoms with Crippen LogP contribution in [-0.2, 0) is 22.6 Å². The molecule has 0 bridgehead atoms. The maximum absolute atomic E-state index is 13.3. The summed E-state index contributed by atoms with van der Waals surface area (Å²) in [5.41, 5.74) is 2.81. The maximum atomic E-state index is 13.3. The third-order valence-corrected chi connectivity index (χ3v) is 5.49. The molecule has 30 heavy (non-hydrogen) atoms. The number of nitrogens with one attached hydrogen (secondary N) is 1. The van der Waals surface area contributed by atoms with Gasteiger partial charge < -0.3 is 10.2 Å². The van der Waals surface area contributed by atoms with Gasteiger partial charge in [0.15, 0.2) is 0 Å². The van der Waals surface area contributed by atoms with Crippen LogP contribution in [0.1, 0.15) is 43.9 Å². The van der Waals surface area contributed by atoms with Gasteiger partial charge in [0.05, 0.1) is 6.42 Å². The van der Waals surface area contributed by atoms with Gasteiger partial charge in [0.1, 0.15) is 6.04 Å². The second-order valence-corrected chi connectivity index (χ2v) is 8.83. The lowest BCUT2D eigenvalue weighted by molar-refractivity contribution is -0.141. The number of rotatable bonds is 9. The van der Waals surface area contributed by atoms with E-state index in [2.05, 4.69) is 5.32 Å². The summed E-state index contributed by atoms with van der Waals surface area (Å²) in [6, 6.07) is 12.5. The largest absolute Gasteiger partial charge is 0.354 e. The molecule has 1 unspecified atom stereocenters. The van der Waals surface area contributed by atoms with Gasteiger partial charge in [-0.15, -0.1) is 0 Å². The molecule has 0 radical (unpaired) electrons. The predicted molar refractivity (Wildman–Crippen MR) is 124 cm³/mol. The molecular formula is C24H30Cl2N2O2. The van der Waals surface area contributed by atoms with E-state index in [9.17, 15) is 9.59 Å². The molecule has 0 aromatic heterocycles. The molecule has 0 spiro atoms. The fourth-order valence-corrected chi connectivity index (χ4v) is 3.64. The Morgan fingerprint density at radius 2 is 1.73 bits per heavy atom. The zero-order valence-corrected chi connectivity index (χ0v) is 19.6. The Balaban J connectivity index is 2.29. The van der Waals surface area contributed by atoms with Crippen molar-refractivity contribution < 1.29 is 9.59 Å². The molecule has 0 aliphatic heterocycles. The van der Waals surface area contributed by atoms with Crippen LogP contribution in [0.3, 0.4) is 0 Å². The first kappa shape index (κ1) is 24.2. The summed E-state index contributed by atoms with van der Waals surface area (Å²) in [5, 5.41) is 3.94. The van der Waals surface area contributed by atoms with Crippen molar-refractivity contribution in [3.05, 3.63) is 69.2 Å². The normalized spacial score (nSPS) is 12.0. The third kappa shape index (κ3) is 7.03. The van der Waals surface area contributed by atoms with Gasteiger partial charge in [0.2, 0.25) is 11.8 Å². The van der Waals surface area contributed by atoms with Crippen molar-refractivity contribution >= 4 is 35.0 Å². The molecule has 0 saturated carbocycles. The van der Waals surface area contributed by atoms with Crippen molar-refractivity contribution in [1.29, 1.82) is 0 Å². The Morgan fingerprint density at radius 1 is 1.07 bits per heavy atom. The van der Waals surface area contributed by atoms with Gasteiger partial charge in [0, 0.05) is 23.1 Å². The third-order valence-electron chi connectivity index (χ3n) is 4.90. The standard InChI is InChI=1S/C24H30Cl2N2O2/c1-5-22(24(30)27-14-16(2)3)28(15-18-8-6-17(4)7-9-18)23(29)12-19-10-11-20(25)13-21(19)26/h6-11,13,16,22H,5,12,14-15H2,1-4H3,(H,27,30). The SMILES string of the molecule is CCC(C(=O)NCC(C)C)N(Cc1ccc(C)cc1)C(=O)Cc1ccc(Cl)cc1Cl. The average Bonchev–Trinajstić information content (AvgIpc) is 2.69. The number of hydrogen-bond acceptors (Lipinski definition) is 2. The van der Waals surface area contributed by atoms with Gasteiger partial charge in [-0.05, 0) is 42.5 Å². The molecule has 4 nitrogen and oxygen atoms in total. The summed E-state index contributed by atoms with van der Waals surface area (Å²) >= 11 is 12.3. The van der Waals surface area contributed by atoms with Crippen molar-refractivity contribution in [2.75, 3.05) is 6.54 Å². The summed E-state index contributed by atoms with van der Waals surface area (Å²) in [4.78, 5) is 27.9. The molecule has 1 atom stereocenters. The number of nitrogens with zero attached hydrogens (tertiary/aromatic N) is 1. The molecule has 0 aliphatic rings. The number of carbonyl (C=O) groups excluding carboxylic acids is 2. The minimum absolute atomic E-state index is 0.107. The van der Waals surface area contributed by atoms with E-state index < -0.39 is 6.04 Å². The second kappa shape index (κ2) is 11.4. The van der Waals surface area contributed by atoms with Gasteiger partial charge >= 0.3 is 0 Å². The summed E-state index contributed by atoms with van der Waals surface area (Å²) in [7, 11) is 0. The highest BCUT2D eigenvalue weighted by Gasteiger charge is 2.29. The molecule has 162 valence electrons. The first-order chi connectivity index (χ1) is 14.2. The van der Waals surface area contributed by atoms with Gasteiger partial charge in [-0.1, -0.05) is 79.9 Å². The zero-order chi connectivity index (χ0) is 22.3. The molecular weight excluding hydrogens is 419 g/mol. The summed E-state index contributed by atoms with van der Waals surface area (Å²) in [6.07, 6.45) is 0.631. The summed E-state index contributed by atoms with van der Waals surface area (Å²) in [5.74, 6) is 0.0563. The fourth-order valence-electron chi connectivity index (χ4n) is 3.16. The van der Waals surface area contributed by atoms with E-state index in [-0.39, 0.29) is 18.2 Å². The molecule has 2 amide bonds. The van der Waals surface area contributed by atoms with Crippen LogP contribution in [0.2, 0.25) is 10.0 Å². The number of carbonyl (C=O) groups is 2. The van der Waals surface area contributed by atoms with Crippen LogP contribution < -0.4 is 5.32 Å². The van der Waals surface area contributed by atoms with Crippen LogP contribution in [0.25, 0.3) is 0 Å². The molecule has 0 aliphatic carbocycles. The molecule has 0 heterocycles. The van der Waals surface area contributed by atoms with Crippen LogP contribution >= 0.6 is 23.2 Å². The van der Waals surface area contributed by atoms with Crippen molar-refractivity contribution in [3.8, 4) is 0 Å². The number of halogens is 2. The van der Waals surface area contributed by atoms with Crippen LogP contribution in [0.5, 0.6) is 0 Å². The Labute approximate surface area is 189 Å². The lowest BCUT2D eigenvalue weighted by Crippen LogP contribution is -2.50. The van der Waals surface area contributed by atoms with Crippen LogP contribution in [0.15, 0.2) is 42.5 Å². The summed E-state index contributed by atoms with van der Waals surface area (Å²) in [6.45, 7) is 8.95. The first-order valence-corrected chi connectivity index (χ1v) is 11.0. The van der Waals surface area contributed by atoms with E-state index in [1.807, 2.05) is 52.0 Å². The lowest BCUT2D eigenvalue weighted by Gasteiger charge is -2.31. The predicted octanol–water partition coefficient (Wildman–Crippen LogP) is 5.42. The zero-order valence-electron chi connectivity index (χ0n) is 18.0. The number of benzene rings is 2. The highest BCUT2D eigenvalue weighted by atomic mass is 35.5. The van der Waals surface area contributed by atoms with Crippen molar-refractivity contribution in [1.82, 2.24) is 10.2 Å². The van der Waals surface area contributed by atoms with E-state index in [4.69, 9.17) is 23.2 Å². The van der Waals surface area contributed by atoms with Crippen LogP contribution in [-0.4, -0.2) is 29.3 Å². The molecule has 0 saturated heterocycles. The van der Waals surface area contributed by atoms with E-state index in [0.717, 1.165) is 11.1 Å². The molecule has 2 rings (SSSR count). The van der Waals surface area contributed by atoms with Crippen LogP contribution in [0.4, 0.5) is 0 Å². The first-order valence-electron chi connectivity index (χ1n) is 10.3. The van der Waals surface area contributed by atoms with E-state index in [1.54, 1.807) is 23.1 Å². The minimum Gasteiger partial charge on any atom is -0.354 e. The smallest absolute Gasteiger partial charge is 0.242 e. The topological polar surface area (TPSA) is 49.4 Å². The molecule has 6 heteroatoms. The van der Waals surface area contributed by atoms with E-state index in [0.29, 0.717) is 41.0 Å². The lowest BCUT2D eigenvalue weighted by atomic mass is 10.1. The second-order valence-electron chi connectivity index (χ2n) is 7.98. The van der Waals surface area contributed by atoms with Gasteiger partial charge in [-0.25, -0.2) is 0 Å². The summed E-state index contributed by atoms with van der Waals surface area (Å²) < 4.78 is 0. The number of hydrogen-bond donors (Lipinski definition) is 1. The molecule has 0 fully saturated rings. The van der Waals surface area contributed by atoms with Crippen molar-refractivity contribution in [3.63, 3.8) is 0 Å². The van der Waals surface area contributed by atoms with Crippen molar-refractivity contribution in [2.24, 2.45) is 5.92 Å². The van der Waals surface area contributed by atoms with Gasteiger partial charge in [-0.3, -0.25) is 9.59 Å². The fraction of sp³-hybridized carbons (Fsp3) is 0.417. The Bertz CT molecular complexity index is 866. The number of aryl methyl sites for hydroxylation is 1. The highest BCUT2D eigenvalue weighted by Crippen LogP contribution is 2.23. The van der Waals surface area contributed by atoms with Gasteiger partial charge in [-0.2, -0.15) is 0 Å². The number of amides is 2. The van der Waals surface area contributed by atoms with E-state index in [1.165, 1.54) is 0 Å². The van der Waals surface area contributed by atoms with Crippen LogP contribution in [0, 0.1) is 12.8 Å². The minimum atomic E-state index is -0.552. The van der Waals surface area contributed by atoms with E-state index >= 15 is 0 Å². The monoisotopic (exact) mass is 448 g/mol. The molecule has 1 N–H and O–H groups in total. The highest BCUT2D eigenvalue weighted by molar-refractivity contribution is 6.35.